The standard InChI is InChI=1S/C19H23N3O2.ClH/c1-13-18(7-4-16(12-20)21-13)19(24)22-10-8-15(9-11-22)14-2-5-17(23)6-3-14;/h2-7,15,23H,8-12,20H2,1H3;1H. The minimum absolute atomic E-state index is 0. The Morgan fingerprint density at radius 3 is 2.40 bits per heavy atom. The van der Waals surface area contributed by atoms with Gasteiger partial charge in [0.15, 0.2) is 0 Å². The Bertz CT molecular complexity index is 726. The maximum absolute atomic E-state index is 12.7. The Balaban J connectivity index is 0.00000225. The molecule has 0 radical (unpaired) electrons. The number of nitrogens with zero attached hydrogens (tertiary/aromatic N) is 2. The Morgan fingerprint density at radius 2 is 1.84 bits per heavy atom. The van der Waals surface area contributed by atoms with E-state index in [0.717, 1.165) is 37.3 Å². The number of likely N-dealkylation sites (tertiary alicyclic amines) is 1. The number of carbonyl (C=O) groups excluding carboxylic acids is 1. The van der Waals surface area contributed by atoms with Gasteiger partial charge in [0.05, 0.1) is 17.0 Å². The third-order valence-electron chi connectivity index (χ3n) is 4.73. The summed E-state index contributed by atoms with van der Waals surface area (Å²) in [6.45, 7) is 3.72. The van der Waals surface area contributed by atoms with Crippen molar-refractivity contribution < 1.29 is 9.90 Å². The van der Waals surface area contributed by atoms with Crippen LogP contribution in [-0.4, -0.2) is 34.0 Å². The van der Waals surface area contributed by atoms with Crippen LogP contribution < -0.4 is 5.73 Å². The average Bonchev–Trinajstić information content (AvgIpc) is 2.62. The highest BCUT2D eigenvalue weighted by Crippen LogP contribution is 2.29. The molecule has 6 heteroatoms. The first-order valence-electron chi connectivity index (χ1n) is 8.33. The van der Waals surface area contributed by atoms with Crippen molar-refractivity contribution in [2.24, 2.45) is 5.73 Å². The van der Waals surface area contributed by atoms with Gasteiger partial charge in [-0.2, -0.15) is 0 Å². The van der Waals surface area contributed by atoms with Gasteiger partial charge in [-0.25, -0.2) is 0 Å². The number of aromatic nitrogens is 1. The molecule has 134 valence electrons. The van der Waals surface area contributed by atoms with Gasteiger partial charge in [-0.3, -0.25) is 9.78 Å². The number of phenolic OH excluding ortho intramolecular Hbond substituents is 1. The number of rotatable bonds is 3. The summed E-state index contributed by atoms with van der Waals surface area (Å²) in [5.41, 5.74) is 9.02. The van der Waals surface area contributed by atoms with Gasteiger partial charge < -0.3 is 15.7 Å². The third-order valence-corrected chi connectivity index (χ3v) is 4.73. The summed E-state index contributed by atoms with van der Waals surface area (Å²) >= 11 is 0. The fourth-order valence-electron chi connectivity index (χ4n) is 3.29. The van der Waals surface area contributed by atoms with E-state index in [2.05, 4.69) is 4.98 Å². The van der Waals surface area contributed by atoms with Crippen LogP contribution in [0.15, 0.2) is 36.4 Å². The second kappa shape index (κ2) is 8.32. The predicted octanol–water partition coefficient (Wildman–Crippen LogP) is 3.00. The molecule has 1 fully saturated rings. The second-order valence-corrected chi connectivity index (χ2v) is 6.30. The lowest BCUT2D eigenvalue weighted by Crippen LogP contribution is -2.38. The second-order valence-electron chi connectivity index (χ2n) is 6.30. The van der Waals surface area contributed by atoms with E-state index < -0.39 is 0 Å². The topological polar surface area (TPSA) is 79.5 Å². The average molecular weight is 362 g/mol. The van der Waals surface area contributed by atoms with Crippen molar-refractivity contribution in [2.45, 2.75) is 32.2 Å². The highest BCUT2D eigenvalue weighted by Gasteiger charge is 2.25. The number of benzene rings is 1. The molecule has 0 bridgehead atoms. The number of halogens is 1. The number of piperidine rings is 1. The number of amides is 1. The Morgan fingerprint density at radius 1 is 1.20 bits per heavy atom. The monoisotopic (exact) mass is 361 g/mol. The summed E-state index contributed by atoms with van der Waals surface area (Å²) in [5.74, 6) is 0.775. The van der Waals surface area contributed by atoms with Crippen LogP contribution in [0.2, 0.25) is 0 Å². The molecular formula is C19H24ClN3O2. The fourth-order valence-corrected chi connectivity index (χ4v) is 3.29. The molecule has 1 aromatic heterocycles. The van der Waals surface area contributed by atoms with Gasteiger partial charge >= 0.3 is 0 Å². The van der Waals surface area contributed by atoms with E-state index in [9.17, 15) is 9.90 Å². The van der Waals surface area contributed by atoms with Crippen LogP contribution in [0.4, 0.5) is 0 Å². The summed E-state index contributed by atoms with van der Waals surface area (Å²) in [6.07, 6.45) is 1.87. The van der Waals surface area contributed by atoms with Gasteiger partial charge in [0, 0.05) is 19.6 Å². The summed E-state index contributed by atoms with van der Waals surface area (Å²) in [6, 6.07) is 11.0. The highest BCUT2D eigenvalue weighted by molar-refractivity contribution is 5.95. The van der Waals surface area contributed by atoms with E-state index in [-0.39, 0.29) is 24.1 Å². The number of nitrogens with two attached hydrogens (primary N) is 1. The van der Waals surface area contributed by atoms with Crippen molar-refractivity contribution in [2.75, 3.05) is 13.1 Å². The summed E-state index contributed by atoms with van der Waals surface area (Å²) < 4.78 is 0. The molecule has 0 atom stereocenters. The van der Waals surface area contributed by atoms with E-state index in [4.69, 9.17) is 5.73 Å². The van der Waals surface area contributed by atoms with Gasteiger partial charge in [0.1, 0.15) is 5.75 Å². The van der Waals surface area contributed by atoms with Crippen molar-refractivity contribution in [3.8, 4) is 5.75 Å². The zero-order chi connectivity index (χ0) is 17.1. The molecule has 0 aliphatic carbocycles. The lowest BCUT2D eigenvalue weighted by Gasteiger charge is -2.32. The minimum atomic E-state index is 0. The largest absolute Gasteiger partial charge is 0.508 e. The molecule has 3 N–H and O–H groups in total. The molecule has 2 aromatic rings. The van der Waals surface area contributed by atoms with Gasteiger partial charge in [-0.1, -0.05) is 12.1 Å². The van der Waals surface area contributed by atoms with E-state index >= 15 is 0 Å². The Labute approximate surface area is 154 Å². The van der Waals surface area contributed by atoms with E-state index in [1.807, 2.05) is 36.1 Å². The van der Waals surface area contributed by atoms with Crippen molar-refractivity contribution in [3.63, 3.8) is 0 Å². The molecule has 3 rings (SSSR count). The Hall–Kier alpha value is -2.11. The fraction of sp³-hybridized carbons (Fsp3) is 0.368. The van der Waals surface area contributed by atoms with Gasteiger partial charge in [-0.15, -0.1) is 12.4 Å². The summed E-state index contributed by atoms with van der Waals surface area (Å²) in [7, 11) is 0. The maximum Gasteiger partial charge on any atom is 0.255 e. The van der Waals surface area contributed by atoms with Crippen LogP contribution in [-0.2, 0) is 6.54 Å². The molecule has 1 saturated heterocycles. The van der Waals surface area contributed by atoms with Crippen molar-refractivity contribution in [1.29, 1.82) is 0 Å². The van der Waals surface area contributed by atoms with Gasteiger partial charge in [0.25, 0.3) is 5.91 Å². The van der Waals surface area contributed by atoms with Gasteiger partial charge in [-0.05, 0) is 55.5 Å². The quantitative estimate of drug-likeness (QED) is 0.880. The molecule has 25 heavy (non-hydrogen) atoms. The molecule has 0 unspecified atom stereocenters. The lowest BCUT2D eigenvalue weighted by atomic mass is 9.89. The van der Waals surface area contributed by atoms with E-state index in [0.29, 0.717) is 18.0 Å². The number of phenols is 1. The van der Waals surface area contributed by atoms with Crippen molar-refractivity contribution in [3.05, 3.63) is 58.9 Å². The minimum Gasteiger partial charge on any atom is -0.508 e. The van der Waals surface area contributed by atoms with Crippen LogP contribution in [0.3, 0.4) is 0 Å². The maximum atomic E-state index is 12.7. The normalized spacial score (nSPS) is 14.9. The molecule has 0 saturated carbocycles. The Kier molecular flexibility index (Phi) is 6.39. The first-order valence-corrected chi connectivity index (χ1v) is 8.33. The smallest absolute Gasteiger partial charge is 0.255 e. The number of carbonyl (C=O) groups is 1. The lowest BCUT2D eigenvalue weighted by molar-refractivity contribution is 0.0711. The number of aryl methyl sites for hydroxylation is 1. The predicted molar refractivity (Wildman–Crippen MR) is 100 cm³/mol. The van der Waals surface area contributed by atoms with Crippen molar-refractivity contribution >= 4 is 18.3 Å². The molecule has 0 spiro atoms. The first kappa shape index (κ1) is 19.2. The molecule has 5 nitrogen and oxygen atoms in total. The molecular weight excluding hydrogens is 338 g/mol. The van der Waals surface area contributed by atoms with Crippen molar-refractivity contribution in [1.82, 2.24) is 9.88 Å². The zero-order valence-electron chi connectivity index (χ0n) is 14.3. The number of hydrogen-bond donors (Lipinski definition) is 2. The number of pyridine rings is 1. The van der Waals surface area contributed by atoms with Crippen LogP contribution in [0.25, 0.3) is 0 Å². The van der Waals surface area contributed by atoms with Crippen LogP contribution in [0.5, 0.6) is 5.75 Å². The molecule has 1 amide bonds. The highest BCUT2D eigenvalue weighted by atomic mass is 35.5. The van der Waals surface area contributed by atoms with Crippen LogP contribution in [0.1, 0.15) is 46.1 Å². The third kappa shape index (κ3) is 4.30. The number of aromatic hydroxyl groups is 1. The first-order chi connectivity index (χ1) is 11.6. The molecule has 2 heterocycles. The van der Waals surface area contributed by atoms with Gasteiger partial charge in [0.2, 0.25) is 0 Å². The molecule has 1 aliphatic heterocycles. The summed E-state index contributed by atoms with van der Waals surface area (Å²) in [4.78, 5) is 19.0. The van der Waals surface area contributed by atoms with E-state index in [1.54, 1.807) is 12.1 Å². The molecule has 1 aromatic carbocycles. The SMILES string of the molecule is Cc1nc(CN)ccc1C(=O)N1CCC(c2ccc(O)cc2)CC1.Cl. The van der Waals surface area contributed by atoms with Crippen LogP contribution in [0, 0.1) is 6.92 Å². The van der Waals surface area contributed by atoms with Crippen LogP contribution >= 0.6 is 12.4 Å². The zero-order valence-corrected chi connectivity index (χ0v) is 15.1. The number of hydrogen-bond acceptors (Lipinski definition) is 4. The molecule has 1 aliphatic rings. The van der Waals surface area contributed by atoms with E-state index in [1.165, 1.54) is 5.56 Å². The summed E-state index contributed by atoms with van der Waals surface area (Å²) in [5, 5.41) is 9.39.